The van der Waals surface area contributed by atoms with Gasteiger partial charge in [-0.25, -0.2) is 0 Å². The highest BCUT2D eigenvalue weighted by atomic mass is 32.2. The van der Waals surface area contributed by atoms with E-state index in [0.29, 0.717) is 23.3 Å². The third-order valence-electron chi connectivity index (χ3n) is 3.69. The van der Waals surface area contributed by atoms with Crippen LogP contribution in [0.25, 0.3) is 0 Å². The van der Waals surface area contributed by atoms with Crippen LogP contribution in [0, 0.1) is 39.9 Å². The molecule has 0 fully saturated rings. The monoisotopic (exact) mass is 329 g/mol. The van der Waals surface area contributed by atoms with Crippen molar-refractivity contribution in [2.75, 3.05) is 12.9 Å². The maximum absolute atomic E-state index is 12.1. The molecule has 0 amide bonds. The standard InChI is InChI=1S/C17H19N3O2S/c1-3-22-17(21)15(11-20)13-7-5-4-6-8-14(13)16(23-2)12(9-18)10-19/h15H,3-8H2,1-2H3/t15-/m0/s1. The van der Waals surface area contributed by atoms with E-state index in [4.69, 9.17) is 4.74 Å². The van der Waals surface area contributed by atoms with Gasteiger partial charge >= 0.3 is 5.97 Å². The molecule has 0 saturated carbocycles. The number of esters is 1. The highest BCUT2D eigenvalue weighted by Crippen LogP contribution is 2.38. The molecule has 1 aliphatic rings. The van der Waals surface area contributed by atoms with Crippen molar-refractivity contribution in [1.82, 2.24) is 0 Å². The molecule has 0 N–H and O–H groups in total. The number of hydrogen-bond acceptors (Lipinski definition) is 6. The minimum Gasteiger partial charge on any atom is -0.465 e. The fourth-order valence-electron chi connectivity index (χ4n) is 2.68. The normalized spacial score (nSPS) is 15.4. The van der Waals surface area contributed by atoms with Crippen LogP contribution < -0.4 is 0 Å². The first-order valence-electron chi connectivity index (χ1n) is 7.51. The van der Waals surface area contributed by atoms with Crippen molar-refractivity contribution in [2.45, 2.75) is 39.0 Å². The van der Waals surface area contributed by atoms with Crippen molar-refractivity contribution in [1.29, 1.82) is 15.8 Å². The van der Waals surface area contributed by atoms with Gasteiger partial charge in [-0.1, -0.05) is 6.42 Å². The van der Waals surface area contributed by atoms with Gasteiger partial charge in [0.15, 0.2) is 5.92 Å². The molecule has 0 aromatic rings. The van der Waals surface area contributed by atoms with Gasteiger partial charge in [0.2, 0.25) is 0 Å². The third kappa shape index (κ3) is 4.62. The Bertz CT molecular complexity index is 628. The minimum atomic E-state index is -0.969. The van der Waals surface area contributed by atoms with Gasteiger partial charge in [-0.2, -0.15) is 15.8 Å². The molecule has 0 saturated heterocycles. The van der Waals surface area contributed by atoms with E-state index < -0.39 is 11.9 Å². The van der Waals surface area contributed by atoms with E-state index in [9.17, 15) is 20.6 Å². The Kier molecular flexibility index (Phi) is 7.95. The Morgan fingerprint density at radius 1 is 1.22 bits per heavy atom. The minimum absolute atomic E-state index is 0.0347. The second-order valence-electron chi connectivity index (χ2n) is 5.01. The van der Waals surface area contributed by atoms with Crippen LogP contribution >= 0.6 is 11.8 Å². The van der Waals surface area contributed by atoms with E-state index in [1.165, 1.54) is 11.8 Å². The van der Waals surface area contributed by atoms with E-state index in [0.717, 1.165) is 24.8 Å². The van der Waals surface area contributed by atoms with E-state index in [-0.39, 0.29) is 12.2 Å². The zero-order chi connectivity index (χ0) is 17.2. The Hall–Kier alpha value is -2.23. The topological polar surface area (TPSA) is 97.7 Å². The van der Waals surface area contributed by atoms with Crippen LogP contribution in [0.5, 0.6) is 0 Å². The first kappa shape index (κ1) is 18.8. The van der Waals surface area contributed by atoms with E-state index in [2.05, 4.69) is 0 Å². The lowest BCUT2D eigenvalue weighted by Crippen LogP contribution is -2.20. The van der Waals surface area contributed by atoms with Gasteiger partial charge in [0.25, 0.3) is 0 Å². The van der Waals surface area contributed by atoms with Gasteiger partial charge in [0.1, 0.15) is 17.7 Å². The lowest BCUT2D eigenvalue weighted by Gasteiger charge is -2.18. The lowest BCUT2D eigenvalue weighted by atomic mass is 9.90. The molecule has 23 heavy (non-hydrogen) atoms. The van der Waals surface area contributed by atoms with Crippen LogP contribution in [0.15, 0.2) is 21.6 Å². The molecule has 1 aliphatic carbocycles. The van der Waals surface area contributed by atoms with Gasteiger partial charge in [0, 0.05) is 4.91 Å². The number of carbonyl (C=O) groups is 1. The van der Waals surface area contributed by atoms with Gasteiger partial charge in [0.05, 0.1) is 12.7 Å². The van der Waals surface area contributed by atoms with Crippen LogP contribution in [-0.2, 0) is 9.53 Å². The van der Waals surface area contributed by atoms with Crippen molar-refractivity contribution in [3.8, 4) is 18.2 Å². The van der Waals surface area contributed by atoms with Crippen LogP contribution in [0.3, 0.4) is 0 Å². The molecule has 0 radical (unpaired) electrons. The van der Waals surface area contributed by atoms with Gasteiger partial charge in [-0.15, -0.1) is 11.8 Å². The zero-order valence-corrected chi connectivity index (χ0v) is 14.2. The number of allylic oxidation sites excluding steroid dienone is 2. The number of thioether (sulfide) groups is 1. The van der Waals surface area contributed by atoms with Crippen molar-refractivity contribution >= 4 is 17.7 Å². The lowest BCUT2D eigenvalue weighted by molar-refractivity contribution is -0.144. The molecule has 0 aliphatic heterocycles. The maximum atomic E-state index is 12.1. The number of nitriles is 3. The molecule has 6 heteroatoms. The summed E-state index contributed by atoms with van der Waals surface area (Å²) in [6.45, 7) is 1.91. The SMILES string of the molecule is CCOC(=O)[C@@H](C#N)C1=C(C(SC)=C(C#N)C#N)CCCCC1. The van der Waals surface area contributed by atoms with Gasteiger partial charge < -0.3 is 4.74 Å². The highest BCUT2D eigenvalue weighted by Gasteiger charge is 2.29. The molecule has 0 aromatic carbocycles. The van der Waals surface area contributed by atoms with Gasteiger partial charge in [-0.3, -0.25) is 4.79 Å². The predicted molar refractivity (Wildman–Crippen MR) is 87.6 cm³/mol. The number of rotatable bonds is 5. The Morgan fingerprint density at radius 3 is 2.39 bits per heavy atom. The van der Waals surface area contributed by atoms with Crippen LogP contribution in [-0.4, -0.2) is 18.8 Å². The second-order valence-corrected chi connectivity index (χ2v) is 5.83. The van der Waals surface area contributed by atoms with Crippen LogP contribution in [0.4, 0.5) is 0 Å². The Balaban J connectivity index is 3.50. The van der Waals surface area contributed by atoms with E-state index >= 15 is 0 Å². The molecule has 1 atom stereocenters. The predicted octanol–water partition coefficient (Wildman–Crippen LogP) is 3.61. The molecule has 5 nitrogen and oxygen atoms in total. The maximum Gasteiger partial charge on any atom is 0.327 e. The number of carbonyl (C=O) groups excluding carboxylic acids is 1. The summed E-state index contributed by atoms with van der Waals surface area (Å²) >= 11 is 1.31. The summed E-state index contributed by atoms with van der Waals surface area (Å²) in [6, 6.07) is 5.87. The number of nitrogens with zero attached hydrogens (tertiary/aromatic N) is 3. The fraction of sp³-hybridized carbons (Fsp3) is 0.529. The average molecular weight is 329 g/mol. The molecule has 120 valence electrons. The van der Waals surface area contributed by atoms with Crippen molar-refractivity contribution in [3.05, 3.63) is 21.6 Å². The summed E-state index contributed by atoms with van der Waals surface area (Å²) in [4.78, 5) is 12.7. The smallest absolute Gasteiger partial charge is 0.327 e. The molecule has 0 bridgehead atoms. The van der Waals surface area contributed by atoms with E-state index in [1.807, 2.05) is 18.2 Å². The van der Waals surface area contributed by atoms with Crippen LogP contribution in [0.2, 0.25) is 0 Å². The highest BCUT2D eigenvalue weighted by molar-refractivity contribution is 8.02. The Labute approximate surface area is 141 Å². The average Bonchev–Trinajstić information content (AvgIpc) is 2.79. The summed E-state index contributed by atoms with van der Waals surface area (Å²) in [5.74, 6) is -1.52. The number of ether oxygens (including phenoxy) is 1. The first-order chi connectivity index (χ1) is 11.1. The van der Waals surface area contributed by atoms with Crippen molar-refractivity contribution in [2.24, 2.45) is 5.92 Å². The summed E-state index contributed by atoms with van der Waals surface area (Å²) in [5, 5.41) is 27.8. The summed E-state index contributed by atoms with van der Waals surface area (Å²) in [7, 11) is 0. The molecule has 0 aromatic heterocycles. The quantitative estimate of drug-likeness (QED) is 0.564. The third-order valence-corrected chi connectivity index (χ3v) is 4.55. The van der Waals surface area contributed by atoms with Crippen LogP contribution in [0.1, 0.15) is 39.0 Å². The first-order valence-corrected chi connectivity index (χ1v) is 8.74. The molecular weight excluding hydrogens is 310 g/mol. The molecule has 1 rings (SSSR count). The summed E-state index contributed by atoms with van der Waals surface area (Å²) < 4.78 is 5.02. The second kappa shape index (κ2) is 9.72. The molecule has 0 unspecified atom stereocenters. The van der Waals surface area contributed by atoms with Gasteiger partial charge in [-0.05, 0) is 50.0 Å². The largest absolute Gasteiger partial charge is 0.465 e. The number of hydrogen-bond donors (Lipinski definition) is 0. The fourth-order valence-corrected chi connectivity index (χ4v) is 3.46. The molecule has 0 heterocycles. The summed E-state index contributed by atoms with van der Waals surface area (Å²) in [6.07, 6.45) is 5.85. The van der Waals surface area contributed by atoms with Crippen molar-refractivity contribution in [3.63, 3.8) is 0 Å². The molecular formula is C17H19N3O2S. The molecule has 0 spiro atoms. The Morgan fingerprint density at radius 2 is 1.87 bits per heavy atom. The van der Waals surface area contributed by atoms with E-state index in [1.54, 1.807) is 13.2 Å². The summed E-state index contributed by atoms with van der Waals surface area (Å²) in [5.41, 5.74) is 1.54. The zero-order valence-electron chi connectivity index (χ0n) is 13.4. The van der Waals surface area contributed by atoms with Crippen molar-refractivity contribution < 1.29 is 9.53 Å².